The first-order valence-electron chi connectivity index (χ1n) is 8.91. The molecule has 1 fully saturated rings. The number of anilines is 1. The van der Waals surface area contributed by atoms with E-state index >= 15 is 0 Å². The van der Waals surface area contributed by atoms with Gasteiger partial charge in [0.2, 0.25) is 5.91 Å². The van der Waals surface area contributed by atoms with Crippen LogP contribution in [0.2, 0.25) is 0 Å². The molecule has 1 saturated heterocycles. The van der Waals surface area contributed by atoms with Crippen LogP contribution in [0.3, 0.4) is 0 Å². The van der Waals surface area contributed by atoms with Crippen molar-refractivity contribution in [2.75, 3.05) is 38.0 Å². The lowest BCUT2D eigenvalue weighted by molar-refractivity contribution is -0.895. The number of quaternary nitrogens is 1. The maximum absolute atomic E-state index is 12.9. The fourth-order valence-corrected chi connectivity index (χ4v) is 3.10. The number of halogens is 2. The highest BCUT2D eigenvalue weighted by atomic mass is 19.1. The molecule has 0 atom stereocenters. The third kappa shape index (κ3) is 5.59. The summed E-state index contributed by atoms with van der Waals surface area (Å²) in [7, 11) is 0. The van der Waals surface area contributed by atoms with Crippen molar-refractivity contribution in [1.29, 1.82) is 0 Å². The zero-order chi connectivity index (χ0) is 19.2. The first kappa shape index (κ1) is 19.0. The van der Waals surface area contributed by atoms with Crippen LogP contribution in [-0.4, -0.2) is 49.4 Å². The van der Waals surface area contributed by atoms with E-state index in [2.05, 4.69) is 5.32 Å². The Hall–Kier alpha value is -2.80. The summed E-state index contributed by atoms with van der Waals surface area (Å²) in [5.41, 5.74) is 1.35. The summed E-state index contributed by atoms with van der Waals surface area (Å²) in [6, 6.07) is 11.6. The molecule has 1 heterocycles. The molecule has 3 rings (SSSR count). The summed E-state index contributed by atoms with van der Waals surface area (Å²) in [5.74, 6) is -0.790. The molecule has 2 N–H and O–H groups in total. The van der Waals surface area contributed by atoms with Gasteiger partial charge in [0.05, 0.1) is 32.6 Å². The van der Waals surface area contributed by atoms with Gasteiger partial charge in [0.15, 0.2) is 6.54 Å². The number of amides is 2. The standard InChI is InChI=1S/C20H21F2N3O2/c21-16-3-1-15(2-4-16)13-20(27)25-11-9-24(10-12-25)14-19(26)23-18-7-5-17(22)6-8-18/h1-8H,9-14H2,(H,23,26)/p+1. The molecule has 1 aliphatic rings. The number of nitrogens with one attached hydrogen (secondary N) is 2. The van der Waals surface area contributed by atoms with Gasteiger partial charge >= 0.3 is 0 Å². The smallest absolute Gasteiger partial charge is 0.279 e. The number of piperazine rings is 1. The Morgan fingerprint density at radius 1 is 0.926 bits per heavy atom. The maximum Gasteiger partial charge on any atom is 0.279 e. The molecule has 142 valence electrons. The number of rotatable bonds is 5. The molecule has 2 aromatic carbocycles. The van der Waals surface area contributed by atoms with Gasteiger partial charge in [-0.2, -0.15) is 0 Å². The highest BCUT2D eigenvalue weighted by Crippen LogP contribution is 2.08. The highest BCUT2D eigenvalue weighted by Gasteiger charge is 2.25. The van der Waals surface area contributed by atoms with Crippen LogP contribution >= 0.6 is 0 Å². The zero-order valence-electron chi connectivity index (χ0n) is 14.9. The van der Waals surface area contributed by atoms with E-state index in [9.17, 15) is 18.4 Å². The van der Waals surface area contributed by atoms with Gasteiger partial charge < -0.3 is 15.1 Å². The fraction of sp³-hybridized carbons (Fsp3) is 0.300. The Bertz CT molecular complexity index is 786. The van der Waals surface area contributed by atoms with Crippen molar-refractivity contribution in [1.82, 2.24) is 4.90 Å². The summed E-state index contributed by atoms with van der Waals surface area (Å²) in [4.78, 5) is 27.4. The van der Waals surface area contributed by atoms with Crippen LogP contribution in [0.4, 0.5) is 14.5 Å². The summed E-state index contributed by atoms with van der Waals surface area (Å²) < 4.78 is 25.8. The molecule has 0 spiro atoms. The first-order chi connectivity index (χ1) is 13.0. The Kier molecular flexibility index (Phi) is 6.13. The topological polar surface area (TPSA) is 53.9 Å². The normalized spacial score (nSPS) is 14.8. The molecule has 2 aromatic rings. The van der Waals surface area contributed by atoms with Gasteiger partial charge in [-0.1, -0.05) is 12.1 Å². The number of benzene rings is 2. The quantitative estimate of drug-likeness (QED) is 0.816. The van der Waals surface area contributed by atoms with E-state index in [1.807, 2.05) is 0 Å². The lowest BCUT2D eigenvalue weighted by Crippen LogP contribution is -3.15. The van der Waals surface area contributed by atoms with E-state index in [1.165, 1.54) is 36.4 Å². The predicted molar refractivity (Wildman–Crippen MR) is 97.3 cm³/mol. The van der Waals surface area contributed by atoms with Crippen LogP contribution in [0, 0.1) is 11.6 Å². The van der Waals surface area contributed by atoms with Gasteiger partial charge in [-0.05, 0) is 42.0 Å². The minimum absolute atomic E-state index is 0.0106. The van der Waals surface area contributed by atoms with E-state index in [0.29, 0.717) is 38.4 Å². The van der Waals surface area contributed by atoms with Crippen molar-refractivity contribution >= 4 is 17.5 Å². The molecule has 0 aliphatic carbocycles. The Morgan fingerprint density at radius 2 is 1.48 bits per heavy atom. The number of hydrogen-bond donors (Lipinski definition) is 2. The van der Waals surface area contributed by atoms with Crippen LogP contribution in [-0.2, 0) is 16.0 Å². The van der Waals surface area contributed by atoms with Crippen LogP contribution in [0.1, 0.15) is 5.56 Å². The lowest BCUT2D eigenvalue weighted by atomic mass is 10.1. The molecule has 0 radical (unpaired) electrons. The molecule has 5 nitrogen and oxygen atoms in total. The SMILES string of the molecule is O=C(C[NH+]1CCN(C(=O)Cc2ccc(F)cc2)CC1)Nc1ccc(F)cc1. The summed E-state index contributed by atoms with van der Waals surface area (Å²) in [6.45, 7) is 2.84. The zero-order valence-corrected chi connectivity index (χ0v) is 14.9. The van der Waals surface area contributed by atoms with Crippen molar-refractivity contribution in [3.05, 3.63) is 65.7 Å². The fourth-order valence-electron chi connectivity index (χ4n) is 3.10. The van der Waals surface area contributed by atoms with Gasteiger partial charge in [-0.25, -0.2) is 8.78 Å². The second kappa shape index (κ2) is 8.73. The summed E-state index contributed by atoms with van der Waals surface area (Å²) >= 11 is 0. The van der Waals surface area contributed by atoms with Crippen LogP contribution in [0.15, 0.2) is 48.5 Å². The molecule has 0 bridgehead atoms. The molecular weight excluding hydrogens is 352 g/mol. The van der Waals surface area contributed by atoms with Gasteiger partial charge in [0.25, 0.3) is 5.91 Å². The van der Waals surface area contributed by atoms with Gasteiger partial charge in [0, 0.05) is 5.69 Å². The summed E-state index contributed by atoms with van der Waals surface area (Å²) in [6.07, 6.45) is 0.251. The van der Waals surface area contributed by atoms with Gasteiger partial charge in [-0.3, -0.25) is 9.59 Å². The molecule has 7 heteroatoms. The highest BCUT2D eigenvalue weighted by molar-refractivity contribution is 5.91. The van der Waals surface area contributed by atoms with Crippen molar-refractivity contribution < 1.29 is 23.3 Å². The predicted octanol–water partition coefficient (Wildman–Crippen LogP) is 0.873. The van der Waals surface area contributed by atoms with Crippen LogP contribution in [0.25, 0.3) is 0 Å². The maximum atomic E-state index is 12.9. The Morgan fingerprint density at radius 3 is 2.07 bits per heavy atom. The number of nitrogens with zero attached hydrogens (tertiary/aromatic N) is 1. The minimum atomic E-state index is -0.347. The molecular formula is C20H22F2N3O2+. The van der Waals surface area contributed by atoms with Gasteiger partial charge in [0.1, 0.15) is 11.6 Å². The monoisotopic (exact) mass is 374 g/mol. The van der Waals surface area contributed by atoms with Crippen molar-refractivity contribution in [2.24, 2.45) is 0 Å². The van der Waals surface area contributed by atoms with E-state index < -0.39 is 0 Å². The van der Waals surface area contributed by atoms with Crippen molar-refractivity contribution in [3.8, 4) is 0 Å². The molecule has 2 amide bonds. The second-order valence-corrected chi connectivity index (χ2v) is 6.67. The summed E-state index contributed by atoms with van der Waals surface area (Å²) in [5, 5.41) is 2.75. The van der Waals surface area contributed by atoms with E-state index in [1.54, 1.807) is 17.0 Å². The van der Waals surface area contributed by atoms with Gasteiger partial charge in [-0.15, -0.1) is 0 Å². The molecule has 0 aromatic heterocycles. The number of carbonyl (C=O) groups is 2. The van der Waals surface area contributed by atoms with E-state index in [4.69, 9.17) is 0 Å². The third-order valence-corrected chi connectivity index (χ3v) is 4.63. The molecule has 1 aliphatic heterocycles. The van der Waals surface area contributed by atoms with E-state index in [0.717, 1.165) is 10.5 Å². The minimum Gasteiger partial charge on any atom is -0.331 e. The Balaban J connectivity index is 1.42. The second-order valence-electron chi connectivity index (χ2n) is 6.67. The Labute approximate surface area is 156 Å². The third-order valence-electron chi connectivity index (χ3n) is 4.63. The van der Waals surface area contributed by atoms with Crippen LogP contribution in [0.5, 0.6) is 0 Å². The lowest BCUT2D eigenvalue weighted by Gasteiger charge is -2.32. The molecule has 0 unspecified atom stereocenters. The van der Waals surface area contributed by atoms with Crippen molar-refractivity contribution in [3.63, 3.8) is 0 Å². The van der Waals surface area contributed by atoms with Crippen LogP contribution < -0.4 is 10.2 Å². The average Bonchev–Trinajstić information content (AvgIpc) is 2.66. The first-order valence-corrected chi connectivity index (χ1v) is 8.91. The number of hydrogen-bond acceptors (Lipinski definition) is 2. The van der Waals surface area contributed by atoms with E-state index in [-0.39, 0.29) is 29.9 Å². The average molecular weight is 374 g/mol. The molecule has 0 saturated carbocycles. The number of carbonyl (C=O) groups excluding carboxylic acids is 2. The molecule has 27 heavy (non-hydrogen) atoms. The van der Waals surface area contributed by atoms with Crippen molar-refractivity contribution in [2.45, 2.75) is 6.42 Å². The largest absolute Gasteiger partial charge is 0.331 e.